The Balaban J connectivity index is 1.52. The van der Waals surface area contributed by atoms with Crippen LogP contribution in [0.4, 0.5) is 5.69 Å². The van der Waals surface area contributed by atoms with Gasteiger partial charge in [0.2, 0.25) is 5.91 Å². The van der Waals surface area contributed by atoms with E-state index in [0.717, 1.165) is 31.6 Å². The molecule has 2 fully saturated rings. The summed E-state index contributed by atoms with van der Waals surface area (Å²) in [5, 5.41) is 6.83. The van der Waals surface area contributed by atoms with E-state index in [1.54, 1.807) is 0 Å². The Kier molecular flexibility index (Phi) is 3.43. The first-order valence-electron chi connectivity index (χ1n) is 8.18. The number of nitrogens with zero attached hydrogens (tertiary/aromatic N) is 1. The number of amides is 1. The molecule has 1 amide bonds. The smallest absolute Gasteiger partial charge is 0.241 e. The van der Waals surface area contributed by atoms with Gasteiger partial charge in [0.1, 0.15) is 0 Å². The van der Waals surface area contributed by atoms with Crippen molar-refractivity contribution in [2.45, 2.75) is 50.2 Å². The lowest BCUT2D eigenvalue weighted by molar-refractivity contribution is -0.121. The fraction of sp³-hybridized carbons (Fsp3) is 0.588. The first kappa shape index (κ1) is 13.3. The maximum Gasteiger partial charge on any atom is 0.241 e. The van der Waals surface area contributed by atoms with E-state index in [2.05, 4.69) is 27.7 Å². The lowest BCUT2D eigenvalue weighted by Gasteiger charge is -2.30. The highest BCUT2D eigenvalue weighted by atomic mass is 16.2. The standard InChI is InChI=1S/C17H23N3O/c21-17-16(8-5-12-3-1-2-4-15(12)19-17)20-10-9-13-6-7-14(11-20)18-13/h1-4,13-14,16,18H,5-11H2,(H,19,21). The maximum atomic E-state index is 12.6. The molecule has 21 heavy (non-hydrogen) atoms. The molecule has 0 aromatic heterocycles. The average molecular weight is 285 g/mol. The molecule has 3 aliphatic rings. The molecule has 4 heteroatoms. The van der Waals surface area contributed by atoms with Crippen LogP contribution in [0.1, 0.15) is 31.2 Å². The number of benzene rings is 1. The highest BCUT2D eigenvalue weighted by Crippen LogP contribution is 2.27. The Labute approximate surface area is 125 Å². The third-order valence-electron chi connectivity index (χ3n) is 5.26. The Morgan fingerprint density at radius 1 is 1.05 bits per heavy atom. The van der Waals surface area contributed by atoms with Crippen LogP contribution in [-0.2, 0) is 11.2 Å². The van der Waals surface area contributed by atoms with E-state index in [1.165, 1.54) is 24.8 Å². The summed E-state index contributed by atoms with van der Waals surface area (Å²) in [5.41, 5.74) is 2.27. The number of hydrogen-bond donors (Lipinski definition) is 2. The van der Waals surface area contributed by atoms with Crippen molar-refractivity contribution in [2.24, 2.45) is 0 Å². The van der Waals surface area contributed by atoms with Crippen LogP contribution >= 0.6 is 0 Å². The molecule has 4 rings (SSSR count). The molecule has 3 heterocycles. The minimum atomic E-state index is 0.0264. The molecule has 3 aliphatic heterocycles. The van der Waals surface area contributed by atoms with Crippen LogP contribution in [0.2, 0.25) is 0 Å². The topological polar surface area (TPSA) is 44.4 Å². The molecular weight excluding hydrogens is 262 g/mol. The molecule has 3 atom stereocenters. The number of aryl methyl sites for hydroxylation is 1. The van der Waals surface area contributed by atoms with Crippen molar-refractivity contribution in [1.82, 2.24) is 10.2 Å². The van der Waals surface area contributed by atoms with Gasteiger partial charge in [-0.3, -0.25) is 9.69 Å². The van der Waals surface area contributed by atoms with Crippen LogP contribution in [0.25, 0.3) is 0 Å². The summed E-state index contributed by atoms with van der Waals surface area (Å²) in [7, 11) is 0. The molecule has 0 aliphatic carbocycles. The van der Waals surface area contributed by atoms with E-state index in [1.807, 2.05) is 12.1 Å². The number of hydrogen-bond acceptors (Lipinski definition) is 3. The maximum absolute atomic E-state index is 12.6. The number of carbonyl (C=O) groups is 1. The molecule has 0 spiro atoms. The molecule has 3 unspecified atom stereocenters. The lowest BCUT2D eigenvalue weighted by Crippen LogP contribution is -2.47. The largest absolute Gasteiger partial charge is 0.324 e. The van der Waals surface area contributed by atoms with Crippen molar-refractivity contribution < 1.29 is 4.79 Å². The highest BCUT2D eigenvalue weighted by molar-refractivity contribution is 5.96. The average Bonchev–Trinajstić information content (AvgIpc) is 2.72. The van der Waals surface area contributed by atoms with Crippen molar-refractivity contribution in [2.75, 3.05) is 18.4 Å². The number of anilines is 1. The molecule has 1 aromatic rings. The molecule has 0 radical (unpaired) electrons. The second-order valence-electron chi connectivity index (χ2n) is 6.62. The van der Waals surface area contributed by atoms with E-state index < -0.39 is 0 Å². The third-order valence-corrected chi connectivity index (χ3v) is 5.26. The van der Waals surface area contributed by atoms with Crippen molar-refractivity contribution in [3.8, 4) is 0 Å². The van der Waals surface area contributed by atoms with Gasteiger partial charge < -0.3 is 10.6 Å². The predicted molar refractivity (Wildman–Crippen MR) is 83.3 cm³/mol. The summed E-state index contributed by atoms with van der Waals surface area (Å²) in [5.74, 6) is 0.178. The second-order valence-corrected chi connectivity index (χ2v) is 6.62. The number of rotatable bonds is 1. The van der Waals surface area contributed by atoms with Gasteiger partial charge in [-0.25, -0.2) is 0 Å². The van der Waals surface area contributed by atoms with E-state index in [4.69, 9.17) is 0 Å². The number of fused-ring (bicyclic) bond motifs is 3. The summed E-state index contributed by atoms with van der Waals surface area (Å²) < 4.78 is 0. The van der Waals surface area contributed by atoms with Gasteiger partial charge in [0, 0.05) is 30.9 Å². The normalized spacial score (nSPS) is 33.0. The van der Waals surface area contributed by atoms with Crippen molar-refractivity contribution in [3.63, 3.8) is 0 Å². The quantitative estimate of drug-likeness (QED) is 0.826. The zero-order valence-corrected chi connectivity index (χ0v) is 12.3. The molecule has 2 saturated heterocycles. The molecule has 1 aromatic carbocycles. The molecular formula is C17H23N3O. The SMILES string of the molecule is O=C1Nc2ccccc2CCC1N1CCC2CCC(C1)N2. The number of nitrogens with one attached hydrogen (secondary N) is 2. The van der Waals surface area contributed by atoms with Gasteiger partial charge >= 0.3 is 0 Å². The molecule has 112 valence electrons. The van der Waals surface area contributed by atoms with Crippen LogP contribution < -0.4 is 10.6 Å². The van der Waals surface area contributed by atoms with E-state index >= 15 is 0 Å². The van der Waals surface area contributed by atoms with Crippen molar-refractivity contribution in [1.29, 1.82) is 0 Å². The summed E-state index contributed by atoms with van der Waals surface area (Å²) in [6, 6.07) is 9.47. The van der Waals surface area contributed by atoms with Gasteiger partial charge in [-0.05, 0) is 43.7 Å². The Bertz CT molecular complexity index is 545. The van der Waals surface area contributed by atoms with Gasteiger partial charge in [-0.15, -0.1) is 0 Å². The van der Waals surface area contributed by atoms with Crippen molar-refractivity contribution in [3.05, 3.63) is 29.8 Å². The van der Waals surface area contributed by atoms with Crippen LogP contribution in [0.15, 0.2) is 24.3 Å². The fourth-order valence-electron chi connectivity index (χ4n) is 4.10. The first-order valence-corrected chi connectivity index (χ1v) is 8.18. The number of para-hydroxylation sites is 1. The Morgan fingerprint density at radius 2 is 1.90 bits per heavy atom. The first-order chi connectivity index (χ1) is 10.3. The van der Waals surface area contributed by atoms with E-state index in [9.17, 15) is 4.79 Å². The number of carbonyl (C=O) groups excluding carboxylic acids is 1. The molecule has 0 saturated carbocycles. The summed E-state index contributed by atoms with van der Waals surface area (Å²) in [4.78, 5) is 15.0. The fourth-order valence-corrected chi connectivity index (χ4v) is 4.10. The third kappa shape index (κ3) is 2.58. The monoisotopic (exact) mass is 285 g/mol. The molecule has 4 nitrogen and oxygen atoms in total. The summed E-state index contributed by atoms with van der Waals surface area (Å²) >= 11 is 0. The van der Waals surface area contributed by atoms with E-state index in [-0.39, 0.29) is 11.9 Å². The number of likely N-dealkylation sites (tertiary alicyclic amines) is 1. The van der Waals surface area contributed by atoms with Crippen LogP contribution in [0, 0.1) is 0 Å². The minimum Gasteiger partial charge on any atom is -0.324 e. The summed E-state index contributed by atoms with van der Waals surface area (Å²) in [6.07, 6.45) is 5.65. The summed E-state index contributed by atoms with van der Waals surface area (Å²) in [6.45, 7) is 2.06. The van der Waals surface area contributed by atoms with Crippen LogP contribution in [0.5, 0.6) is 0 Å². The van der Waals surface area contributed by atoms with E-state index in [0.29, 0.717) is 12.1 Å². The van der Waals surface area contributed by atoms with Crippen LogP contribution in [0.3, 0.4) is 0 Å². The van der Waals surface area contributed by atoms with Gasteiger partial charge in [0.25, 0.3) is 0 Å². The van der Waals surface area contributed by atoms with Crippen molar-refractivity contribution >= 4 is 11.6 Å². The minimum absolute atomic E-state index is 0.0264. The second kappa shape index (κ2) is 5.43. The molecule has 2 bridgehead atoms. The van der Waals surface area contributed by atoms with Gasteiger partial charge in [0.05, 0.1) is 6.04 Å². The van der Waals surface area contributed by atoms with Gasteiger partial charge in [-0.1, -0.05) is 18.2 Å². The highest BCUT2D eigenvalue weighted by Gasteiger charge is 2.35. The molecule has 2 N–H and O–H groups in total. The predicted octanol–water partition coefficient (Wildman–Crippen LogP) is 1.77. The lowest BCUT2D eigenvalue weighted by atomic mass is 10.0. The zero-order chi connectivity index (χ0) is 14.2. The Hall–Kier alpha value is -1.39. The Morgan fingerprint density at radius 3 is 2.86 bits per heavy atom. The van der Waals surface area contributed by atoms with Crippen LogP contribution in [-0.4, -0.2) is 42.0 Å². The van der Waals surface area contributed by atoms with Gasteiger partial charge in [0.15, 0.2) is 0 Å². The zero-order valence-electron chi connectivity index (χ0n) is 12.3. The van der Waals surface area contributed by atoms with Gasteiger partial charge in [-0.2, -0.15) is 0 Å².